The van der Waals surface area contributed by atoms with Gasteiger partial charge in [0.15, 0.2) is 5.75 Å². The van der Waals surface area contributed by atoms with Crippen molar-refractivity contribution in [1.29, 1.82) is 0 Å². The summed E-state index contributed by atoms with van der Waals surface area (Å²) >= 11 is 0. The standard InChI is InChI=1S/C15H20N2O5/c18-5-3-16(4-6-19)9-12-8-14(20)15(21)11-17(12)10-13-2-1-7-22-13/h1-2,7-8,11,18-19,21H,3-6,9-10H2. The van der Waals surface area contributed by atoms with Crippen molar-refractivity contribution in [1.82, 2.24) is 9.47 Å². The van der Waals surface area contributed by atoms with E-state index >= 15 is 0 Å². The Bertz CT molecular complexity index is 630. The van der Waals surface area contributed by atoms with Gasteiger partial charge in [-0.05, 0) is 12.1 Å². The first-order valence-corrected chi connectivity index (χ1v) is 7.03. The molecule has 0 aliphatic rings. The van der Waals surface area contributed by atoms with E-state index in [-0.39, 0.29) is 19.0 Å². The van der Waals surface area contributed by atoms with Gasteiger partial charge in [-0.1, -0.05) is 0 Å². The van der Waals surface area contributed by atoms with Gasteiger partial charge in [-0.15, -0.1) is 0 Å². The number of aliphatic hydroxyl groups is 2. The minimum atomic E-state index is -0.460. The first kappa shape index (κ1) is 16.3. The van der Waals surface area contributed by atoms with E-state index in [1.54, 1.807) is 23.0 Å². The maximum absolute atomic E-state index is 11.7. The first-order chi connectivity index (χ1) is 10.6. The van der Waals surface area contributed by atoms with E-state index in [1.165, 1.54) is 12.3 Å². The van der Waals surface area contributed by atoms with Crippen molar-refractivity contribution in [3.63, 3.8) is 0 Å². The second kappa shape index (κ2) is 7.79. The Balaban J connectivity index is 2.27. The van der Waals surface area contributed by atoms with Crippen LogP contribution in [0.5, 0.6) is 5.75 Å². The van der Waals surface area contributed by atoms with E-state index in [1.807, 2.05) is 4.90 Å². The average molecular weight is 308 g/mol. The second-order valence-electron chi connectivity index (χ2n) is 4.94. The fourth-order valence-electron chi connectivity index (χ4n) is 2.24. The first-order valence-electron chi connectivity index (χ1n) is 7.03. The van der Waals surface area contributed by atoms with Gasteiger partial charge in [0.25, 0.3) is 0 Å². The molecule has 0 atom stereocenters. The molecule has 0 radical (unpaired) electrons. The lowest BCUT2D eigenvalue weighted by Gasteiger charge is -2.22. The molecule has 0 aliphatic carbocycles. The minimum Gasteiger partial charge on any atom is -0.503 e. The molecule has 2 rings (SSSR count). The zero-order chi connectivity index (χ0) is 15.9. The Hall–Kier alpha value is -2.09. The highest BCUT2D eigenvalue weighted by molar-refractivity contribution is 5.21. The maximum atomic E-state index is 11.7. The monoisotopic (exact) mass is 308 g/mol. The highest BCUT2D eigenvalue weighted by Gasteiger charge is 2.12. The van der Waals surface area contributed by atoms with Crippen LogP contribution in [0.25, 0.3) is 0 Å². The molecule has 3 N–H and O–H groups in total. The third kappa shape index (κ3) is 4.20. The van der Waals surface area contributed by atoms with E-state index in [2.05, 4.69) is 0 Å². The molecule has 2 aromatic heterocycles. The molecule has 7 heteroatoms. The summed E-state index contributed by atoms with van der Waals surface area (Å²) in [5, 5.41) is 27.8. The van der Waals surface area contributed by atoms with Crippen molar-refractivity contribution < 1.29 is 19.7 Å². The summed E-state index contributed by atoms with van der Waals surface area (Å²) in [6, 6.07) is 4.93. The summed E-state index contributed by atoms with van der Waals surface area (Å²) in [5.41, 5.74) is 0.208. The van der Waals surface area contributed by atoms with Crippen molar-refractivity contribution in [3.8, 4) is 5.75 Å². The average Bonchev–Trinajstić information content (AvgIpc) is 2.98. The molecular weight excluding hydrogens is 288 g/mol. The van der Waals surface area contributed by atoms with Crippen molar-refractivity contribution >= 4 is 0 Å². The van der Waals surface area contributed by atoms with Gasteiger partial charge in [0.1, 0.15) is 5.76 Å². The van der Waals surface area contributed by atoms with E-state index in [0.717, 1.165) is 0 Å². The number of pyridine rings is 1. The molecule has 0 saturated heterocycles. The van der Waals surface area contributed by atoms with Crippen LogP contribution in [0.4, 0.5) is 0 Å². The highest BCUT2D eigenvalue weighted by atomic mass is 16.3. The Labute approximate surface area is 127 Å². The molecule has 7 nitrogen and oxygen atoms in total. The predicted molar refractivity (Wildman–Crippen MR) is 79.6 cm³/mol. The Morgan fingerprint density at radius 2 is 1.95 bits per heavy atom. The van der Waals surface area contributed by atoms with Gasteiger partial charge in [0.05, 0.1) is 32.2 Å². The Kier molecular flexibility index (Phi) is 5.76. The Morgan fingerprint density at radius 1 is 1.23 bits per heavy atom. The van der Waals surface area contributed by atoms with Crippen molar-refractivity contribution in [2.45, 2.75) is 13.1 Å². The van der Waals surface area contributed by atoms with Gasteiger partial charge in [-0.25, -0.2) is 0 Å². The van der Waals surface area contributed by atoms with Gasteiger partial charge in [0, 0.05) is 31.4 Å². The van der Waals surface area contributed by atoms with Crippen LogP contribution in [0.3, 0.4) is 0 Å². The van der Waals surface area contributed by atoms with E-state index < -0.39 is 5.43 Å². The fraction of sp³-hybridized carbons (Fsp3) is 0.400. The van der Waals surface area contributed by atoms with Crippen LogP contribution in [0.15, 0.2) is 39.9 Å². The molecule has 0 aromatic carbocycles. The van der Waals surface area contributed by atoms with Crippen LogP contribution in [-0.4, -0.2) is 51.1 Å². The summed E-state index contributed by atoms with van der Waals surface area (Å²) in [5.74, 6) is 0.367. The number of furan rings is 1. The molecule has 0 saturated carbocycles. The molecule has 2 heterocycles. The quantitative estimate of drug-likeness (QED) is 0.634. The van der Waals surface area contributed by atoms with Gasteiger partial charge in [-0.3, -0.25) is 9.69 Å². The number of aromatic nitrogens is 1. The number of hydrogen-bond acceptors (Lipinski definition) is 6. The number of hydrogen-bond donors (Lipinski definition) is 3. The number of aliphatic hydroxyl groups excluding tert-OH is 2. The van der Waals surface area contributed by atoms with Crippen LogP contribution in [-0.2, 0) is 13.1 Å². The second-order valence-corrected chi connectivity index (χ2v) is 4.94. The fourth-order valence-corrected chi connectivity index (χ4v) is 2.24. The van der Waals surface area contributed by atoms with E-state index in [0.29, 0.717) is 37.6 Å². The molecule has 0 fully saturated rings. The van der Waals surface area contributed by atoms with E-state index in [4.69, 9.17) is 14.6 Å². The van der Waals surface area contributed by atoms with Crippen molar-refractivity contribution in [2.24, 2.45) is 0 Å². The zero-order valence-corrected chi connectivity index (χ0v) is 12.2. The largest absolute Gasteiger partial charge is 0.503 e. The van der Waals surface area contributed by atoms with Crippen molar-refractivity contribution in [3.05, 3.63) is 52.3 Å². The number of aromatic hydroxyl groups is 1. The van der Waals surface area contributed by atoms with Crippen LogP contribution < -0.4 is 5.43 Å². The maximum Gasteiger partial charge on any atom is 0.223 e. The smallest absolute Gasteiger partial charge is 0.223 e. The van der Waals surface area contributed by atoms with Gasteiger partial charge in [0.2, 0.25) is 5.43 Å². The molecular formula is C15H20N2O5. The normalized spacial score (nSPS) is 11.2. The lowest BCUT2D eigenvalue weighted by atomic mass is 10.2. The molecule has 22 heavy (non-hydrogen) atoms. The third-order valence-electron chi connectivity index (χ3n) is 3.32. The molecule has 0 unspecified atom stereocenters. The molecule has 0 spiro atoms. The summed E-state index contributed by atoms with van der Waals surface area (Å²) in [7, 11) is 0. The van der Waals surface area contributed by atoms with Crippen molar-refractivity contribution in [2.75, 3.05) is 26.3 Å². The number of nitrogens with zero attached hydrogens (tertiary/aromatic N) is 2. The molecule has 2 aromatic rings. The zero-order valence-electron chi connectivity index (χ0n) is 12.2. The summed E-state index contributed by atoms with van der Waals surface area (Å²) in [6.07, 6.45) is 2.93. The lowest BCUT2D eigenvalue weighted by molar-refractivity contribution is 0.153. The SMILES string of the molecule is O=c1cc(CN(CCO)CCO)n(Cc2ccco2)cc1O. The summed E-state index contributed by atoms with van der Waals surface area (Å²) < 4.78 is 7.01. The van der Waals surface area contributed by atoms with Crippen LogP contribution in [0, 0.1) is 0 Å². The topological polar surface area (TPSA) is 99.1 Å². The number of rotatable bonds is 8. The predicted octanol–water partition coefficient (Wildman–Crippen LogP) is -0.0182. The third-order valence-corrected chi connectivity index (χ3v) is 3.32. The molecule has 0 aliphatic heterocycles. The highest BCUT2D eigenvalue weighted by Crippen LogP contribution is 2.12. The molecule has 0 bridgehead atoms. The Morgan fingerprint density at radius 3 is 2.55 bits per heavy atom. The minimum absolute atomic E-state index is 0.0412. The molecule has 0 amide bonds. The molecule has 120 valence electrons. The van der Waals surface area contributed by atoms with Crippen LogP contribution in [0.2, 0.25) is 0 Å². The van der Waals surface area contributed by atoms with Gasteiger partial charge in [-0.2, -0.15) is 0 Å². The summed E-state index contributed by atoms with van der Waals surface area (Å²) in [4.78, 5) is 13.5. The van der Waals surface area contributed by atoms with Gasteiger partial charge < -0.3 is 24.3 Å². The van der Waals surface area contributed by atoms with Crippen LogP contribution in [0.1, 0.15) is 11.5 Å². The van der Waals surface area contributed by atoms with E-state index in [9.17, 15) is 9.90 Å². The lowest BCUT2D eigenvalue weighted by Crippen LogP contribution is -2.31. The van der Waals surface area contributed by atoms with Crippen LogP contribution >= 0.6 is 0 Å². The summed E-state index contributed by atoms with van der Waals surface area (Å²) in [6.45, 7) is 1.44. The van der Waals surface area contributed by atoms with Gasteiger partial charge >= 0.3 is 0 Å².